The van der Waals surface area contributed by atoms with E-state index in [0.717, 1.165) is 0 Å². The van der Waals surface area contributed by atoms with E-state index in [1.165, 1.54) is 17.7 Å². The summed E-state index contributed by atoms with van der Waals surface area (Å²) in [5.41, 5.74) is 0.227. The number of ether oxygens (including phenoxy) is 3. The van der Waals surface area contributed by atoms with Crippen molar-refractivity contribution >= 4 is 29.5 Å². The third-order valence-corrected chi connectivity index (χ3v) is 3.99. The monoisotopic (exact) mass is 365 g/mol. The van der Waals surface area contributed by atoms with Crippen LogP contribution < -0.4 is 0 Å². The van der Waals surface area contributed by atoms with Gasteiger partial charge >= 0.3 is 17.9 Å². The molecule has 2 rings (SSSR count). The number of nitrogens with zero attached hydrogens (tertiary/aromatic N) is 1. The Kier molecular flexibility index (Phi) is 5.91. The number of methoxy groups -OCH3 is 1. The van der Waals surface area contributed by atoms with E-state index in [1.807, 2.05) is 0 Å². The number of carbonyl (C=O) groups is 5. The van der Waals surface area contributed by atoms with Gasteiger partial charge in [0.1, 0.15) is 6.04 Å². The van der Waals surface area contributed by atoms with Crippen molar-refractivity contribution in [2.24, 2.45) is 0 Å². The zero-order valence-corrected chi connectivity index (χ0v) is 14.7. The maximum Gasteiger partial charge on any atom is 0.381 e. The summed E-state index contributed by atoms with van der Waals surface area (Å²) in [5.74, 6) is -4.71. The average Bonchev–Trinajstić information content (AvgIpc) is 3.20. The van der Waals surface area contributed by atoms with Gasteiger partial charge in [-0.15, -0.1) is 0 Å². The predicted octanol–water partition coefficient (Wildman–Crippen LogP) is 0.640. The molecule has 1 aromatic heterocycles. The molecule has 1 atom stereocenters. The second kappa shape index (κ2) is 7.94. The Labute approximate surface area is 149 Å². The molecule has 0 amide bonds. The summed E-state index contributed by atoms with van der Waals surface area (Å²) in [7, 11) is 1.18. The van der Waals surface area contributed by atoms with Gasteiger partial charge in [0.05, 0.1) is 31.6 Å². The normalized spacial score (nSPS) is 15.1. The Bertz CT molecular complexity index is 776. The van der Waals surface area contributed by atoms with Crippen molar-refractivity contribution in [2.45, 2.75) is 32.7 Å². The molecule has 1 aromatic rings. The number of fused-ring (bicyclic) bond motifs is 1. The van der Waals surface area contributed by atoms with E-state index in [4.69, 9.17) is 9.47 Å². The fourth-order valence-corrected chi connectivity index (χ4v) is 2.93. The van der Waals surface area contributed by atoms with Gasteiger partial charge in [-0.3, -0.25) is 9.59 Å². The maximum atomic E-state index is 12.4. The molecule has 9 heteroatoms. The van der Waals surface area contributed by atoms with Gasteiger partial charge in [0.15, 0.2) is 0 Å². The highest BCUT2D eigenvalue weighted by molar-refractivity contribution is 6.41. The zero-order chi connectivity index (χ0) is 19.4. The van der Waals surface area contributed by atoms with Crippen molar-refractivity contribution in [2.75, 3.05) is 20.3 Å². The van der Waals surface area contributed by atoms with Crippen molar-refractivity contribution in [3.63, 3.8) is 0 Å². The lowest BCUT2D eigenvalue weighted by Gasteiger charge is -2.14. The van der Waals surface area contributed by atoms with Crippen molar-refractivity contribution in [3.05, 3.63) is 23.0 Å². The number of Topliss-reactive ketones (excluding diaryl/α,β-unsaturated/α-hetero) is 2. The molecule has 9 nitrogen and oxygen atoms in total. The van der Waals surface area contributed by atoms with Crippen LogP contribution in [-0.2, 0) is 35.0 Å². The number of hydrogen-bond acceptors (Lipinski definition) is 8. The molecule has 0 saturated heterocycles. The summed E-state index contributed by atoms with van der Waals surface area (Å²) in [6.45, 7) is 3.12. The highest BCUT2D eigenvalue weighted by Crippen LogP contribution is 2.34. The second-order valence-corrected chi connectivity index (χ2v) is 5.44. The first-order valence-electron chi connectivity index (χ1n) is 8.12. The van der Waals surface area contributed by atoms with E-state index in [0.29, 0.717) is 5.69 Å². The summed E-state index contributed by atoms with van der Waals surface area (Å²) in [6, 6.07) is 0.154. The topological polar surface area (TPSA) is 118 Å². The first kappa shape index (κ1) is 19.4. The summed E-state index contributed by atoms with van der Waals surface area (Å²) >= 11 is 0. The van der Waals surface area contributed by atoms with Crippen LogP contribution in [-0.4, -0.2) is 54.4 Å². The third kappa shape index (κ3) is 3.37. The van der Waals surface area contributed by atoms with Gasteiger partial charge in [-0.05, 0) is 32.8 Å². The molecule has 26 heavy (non-hydrogen) atoms. The fraction of sp³-hybridized carbons (Fsp3) is 0.471. The summed E-state index contributed by atoms with van der Waals surface area (Å²) in [4.78, 5) is 60.4. The van der Waals surface area contributed by atoms with Crippen molar-refractivity contribution in [1.82, 2.24) is 4.57 Å². The van der Waals surface area contributed by atoms with Crippen LogP contribution in [0.25, 0.3) is 0 Å². The van der Waals surface area contributed by atoms with E-state index in [9.17, 15) is 24.0 Å². The van der Waals surface area contributed by atoms with Gasteiger partial charge in [-0.1, -0.05) is 0 Å². The molecule has 1 aliphatic heterocycles. The molecule has 0 fully saturated rings. The Hall–Kier alpha value is -2.97. The standard InChI is InChI=1S/C17H19NO8/c1-4-25-16(22)13(19)11-7-6-10-9(15(21)24-3)8-12(18(10)11)14(20)17(23)26-5-2/h8,11H,4-7H2,1-3H3. The number of carbonyl (C=O) groups excluding carboxylic acids is 5. The quantitative estimate of drug-likeness (QED) is 0.299. The Morgan fingerprint density at radius 2 is 1.69 bits per heavy atom. The Balaban J connectivity index is 2.52. The van der Waals surface area contributed by atoms with Gasteiger partial charge in [0, 0.05) is 5.69 Å². The van der Waals surface area contributed by atoms with E-state index < -0.39 is 35.5 Å². The minimum Gasteiger partial charge on any atom is -0.465 e. The maximum absolute atomic E-state index is 12.4. The van der Waals surface area contributed by atoms with E-state index in [-0.39, 0.29) is 37.3 Å². The Morgan fingerprint density at radius 3 is 2.27 bits per heavy atom. The summed E-state index contributed by atoms with van der Waals surface area (Å²) in [5, 5.41) is 0. The molecule has 0 bridgehead atoms. The lowest BCUT2D eigenvalue weighted by atomic mass is 10.1. The first-order valence-corrected chi connectivity index (χ1v) is 8.12. The first-order chi connectivity index (χ1) is 12.4. The highest BCUT2D eigenvalue weighted by atomic mass is 16.5. The number of esters is 3. The molecule has 0 spiro atoms. The van der Waals surface area contributed by atoms with Gasteiger partial charge in [-0.2, -0.15) is 0 Å². The molecule has 0 aliphatic carbocycles. The van der Waals surface area contributed by atoms with Gasteiger partial charge in [-0.25, -0.2) is 14.4 Å². The SMILES string of the molecule is CCOC(=O)C(=O)c1cc(C(=O)OC)c2n1C(C(=O)C(=O)OCC)CC2. The number of aromatic nitrogens is 1. The van der Waals surface area contributed by atoms with Crippen LogP contribution in [0.3, 0.4) is 0 Å². The minimum atomic E-state index is -1.11. The van der Waals surface area contributed by atoms with E-state index in [2.05, 4.69) is 4.74 Å². The van der Waals surface area contributed by atoms with Crippen LogP contribution in [0.2, 0.25) is 0 Å². The third-order valence-electron chi connectivity index (χ3n) is 3.99. The number of ketones is 2. The molecule has 1 unspecified atom stereocenters. The number of hydrogen-bond donors (Lipinski definition) is 0. The second-order valence-electron chi connectivity index (χ2n) is 5.44. The highest BCUT2D eigenvalue weighted by Gasteiger charge is 2.40. The smallest absolute Gasteiger partial charge is 0.381 e. The van der Waals surface area contributed by atoms with Gasteiger partial charge in [0.25, 0.3) is 11.6 Å². The molecule has 0 N–H and O–H groups in total. The van der Waals surface area contributed by atoms with Crippen molar-refractivity contribution < 1.29 is 38.2 Å². The predicted molar refractivity (Wildman–Crippen MR) is 85.7 cm³/mol. The molecular weight excluding hydrogens is 346 g/mol. The van der Waals surface area contributed by atoms with Gasteiger partial charge < -0.3 is 18.8 Å². The number of rotatable bonds is 7. The lowest BCUT2D eigenvalue weighted by molar-refractivity contribution is -0.154. The minimum absolute atomic E-state index is 0.00676. The largest absolute Gasteiger partial charge is 0.465 e. The van der Waals surface area contributed by atoms with Crippen molar-refractivity contribution in [1.29, 1.82) is 0 Å². The van der Waals surface area contributed by atoms with Crippen LogP contribution in [0, 0.1) is 0 Å². The van der Waals surface area contributed by atoms with Crippen molar-refractivity contribution in [3.8, 4) is 0 Å². The van der Waals surface area contributed by atoms with Crippen LogP contribution in [0.4, 0.5) is 0 Å². The van der Waals surface area contributed by atoms with Gasteiger partial charge in [0.2, 0.25) is 0 Å². The lowest BCUT2D eigenvalue weighted by Crippen LogP contribution is -2.29. The zero-order valence-electron chi connectivity index (χ0n) is 14.7. The van der Waals surface area contributed by atoms with Crippen LogP contribution in [0.15, 0.2) is 6.07 Å². The molecule has 140 valence electrons. The molecule has 1 aliphatic rings. The van der Waals surface area contributed by atoms with Crippen LogP contribution >= 0.6 is 0 Å². The molecule has 0 saturated carbocycles. The van der Waals surface area contributed by atoms with Crippen LogP contribution in [0.1, 0.15) is 52.9 Å². The van der Waals surface area contributed by atoms with Crippen LogP contribution in [0.5, 0.6) is 0 Å². The Morgan fingerprint density at radius 1 is 1.08 bits per heavy atom. The summed E-state index contributed by atoms with van der Waals surface area (Å²) < 4.78 is 15.4. The average molecular weight is 365 g/mol. The van der Waals surface area contributed by atoms with E-state index >= 15 is 0 Å². The fourth-order valence-electron chi connectivity index (χ4n) is 2.93. The summed E-state index contributed by atoms with van der Waals surface area (Å²) in [6.07, 6.45) is 0.456. The van der Waals surface area contributed by atoms with E-state index in [1.54, 1.807) is 13.8 Å². The molecule has 0 aromatic carbocycles. The molecule has 0 radical (unpaired) electrons. The molecule has 2 heterocycles. The molecular formula is C17H19NO8.